The summed E-state index contributed by atoms with van der Waals surface area (Å²) in [6, 6.07) is 4.65. The third kappa shape index (κ3) is 5.35. The van der Waals surface area contributed by atoms with Crippen LogP contribution in [0, 0.1) is 0 Å². The lowest BCUT2D eigenvalue weighted by Crippen LogP contribution is -2.66. The molecule has 2 N–H and O–H groups in total. The molecule has 0 unspecified atom stereocenters. The molecule has 0 aliphatic carbocycles. The standard InChI is InChI=1S/C22H20Cl2F3N3O6S/c23-12-1-4-18(29-7-12)21(9-28-10-21)20(33)30-8-14(6-16(30)19(31)32)37(34,35)17-3-2-13(5-15(17)24)36-11-22(25,26)27/h1-5,7,14,16,28H,6,8-11H2,(H,31,32)/t14-,16+/m1/s1. The van der Waals surface area contributed by atoms with Crippen LogP contribution in [-0.4, -0.2) is 79.0 Å². The van der Waals surface area contributed by atoms with Gasteiger partial charge in [0.2, 0.25) is 5.91 Å². The minimum Gasteiger partial charge on any atom is -0.484 e. The first-order valence-electron chi connectivity index (χ1n) is 10.8. The minimum absolute atomic E-state index is 0.173. The second kappa shape index (κ2) is 9.93. The van der Waals surface area contributed by atoms with Crippen molar-refractivity contribution in [3.05, 3.63) is 52.3 Å². The molecule has 2 aromatic rings. The monoisotopic (exact) mass is 581 g/mol. The molecule has 9 nitrogen and oxygen atoms in total. The van der Waals surface area contributed by atoms with Crippen LogP contribution < -0.4 is 10.1 Å². The van der Waals surface area contributed by atoms with Crippen molar-refractivity contribution in [1.29, 1.82) is 0 Å². The average molecular weight is 582 g/mol. The van der Waals surface area contributed by atoms with E-state index in [1.54, 1.807) is 12.1 Å². The highest BCUT2D eigenvalue weighted by Crippen LogP contribution is 2.37. The Balaban J connectivity index is 1.60. The molecule has 4 rings (SSSR count). The molecule has 200 valence electrons. The van der Waals surface area contributed by atoms with Crippen molar-refractivity contribution in [3.8, 4) is 5.75 Å². The predicted octanol–water partition coefficient (Wildman–Crippen LogP) is 2.70. The molecule has 0 radical (unpaired) electrons. The number of benzene rings is 1. The fraction of sp³-hybridized carbons (Fsp3) is 0.409. The van der Waals surface area contributed by atoms with Gasteiger partial charge in [-0.25, -0.2) is 13.2 Å². The van der Waals surface area contributed by atoms with Gasteiger partial charge in [0.15, 0.2) is 16.4 Å². The number of sulfone groups is 1. The number of carboxylic acids is 1. The molecule has 37 heavy (non-hydrogen) atoms. The second-order valence-electron chi connectivity index (χ2n) is 8.76. The highest BCUT2D eigenvalue weighted by Gasteiger charge is 2.55. The van der Waals surface area contributed by atoms with E-state index >= 15 is 0 Å². The first-order valence-corrected chi connectivity index (χ1v) is 13.1. The summed E-state index contributed by atoms with van der Waals surface area (Å²) in [5.41, 5.74) is -0.819. The third-order valence-electron chi connectivity index (χ3n) is 6.34. The summed E-state index contributed by atoms with van der Waals surface area (Å²) in [6.45, 7) is -1.66. The molecule has 0 spiro atoms. The fourth-order valence-electron chi connectivity index (χ4n) is 4.38. The summed E-state index contributed by atoms with van der Waals surface area (Å²) in [4.78, 5) is 30.5. The molecule has 2 saturated heterocycles. The third-order valence-corrected chi connectivity index (χ3v) is 9.18. The number of halogens is 5. The van der Waals surface area contributed by atoms with Crippen LogP contribution in [0.3, 0.4) is 0 Å². The molecule has 2 aliphatic rings. The van der Waals surface area contributed by atoms with Gasteiger partial charge in [-0.3, -0.25) is 9.78 Å². The number of amides is 1. The molecule has 1 aromatic carbocycles. The zero-order valence-electron chi connectivity index (χ0n) is 18.8. The van der Waals surface area contributed by atoms with E-state index in [4.69, 9.17) is 23.2 Å². The van der Waals surface area contributed by atoms with Crippen LogP contribution in [0.25, 0.3) is 0 Å². The molecule has 2 atom stereocenters. The van der Waals surface area contributed by atoms with Gasteiger partial charge in [-0.15, -0.1) is 0 Å². The quantitative estimate of drug-likeness (QED) is 0.511. The molecule has 1 aromatic heterocycles. The summed E-state index contributed by atoms with van der Waals surface area (Å²) in [7, 11) is -4.28. The normalized spacial score (nSPS) is 21.4. The maximum Gasteiger partial charge on any atom is 0.422 e. The number of nitrogens with zero attached hydrogens (tertiary/aromatic N) is 2. The summed E-state index contributed by atoms with van der Waals surface area (Å²) in [5.74, 6) is -2.25. The van der Waals surface area contributed by atoms with Gasteiger partial charge in [0, 0.05) is 31.9 Å². The zero-order valence-corrected chi connectivity index (χ0v) is 21.2. The van der Waals surface area contributed by atoms with Gasteiger partial charge in [-0.2, -0.15) is 13.2 Å². The lowest BCUT2D eigenvalue weighted by atomic mass is 9.76. The van der Waals surface area contributed by atoms with Gasteiger partial charge in [0.1, 0.15) is 17.2 Å². The maximum absolute atomic E-state index is 13.6. The molecule has 2 fully saturated rings. The van der Waals surface area contributed by atoms with E-state index < -0.39 is 69.1 Å². The number of carbonyl (C=O) groups is 2. The Bertz CT molecular complexity index is 1320. The summed E-state index contributed by atoms with van der Waals surface area (Å²) in [5, 5.41) is 11.4. The zero-order chi connectivity index (χ0) is 27.2. The van der Waals surface area contributed by atoms with Crippen LogP contribution in [0.2, 0.25) is 10.0 Å². The Hall–Kier alpha value is -2.61. The molecule has 15 heteroatoms. The second-order valence-corrected chi connectivity index (χ2v) is 11.8. The first kappa shape index (κ1) is 27.4. The Morgan fingerprint density at radius 1 is 1.22 bits per heavy atom. The van der Waals surface area contributed by atoms with Crippen LogP contribution in [-0.2, 0) is 24.8 Å². The van der Waals surface area contributed by atoms with Crippen molar-refractivity contribution in [2.24, 2.45) is 0 Å². The van der Waals surface area contributed by atoms with E-state index in [1.165, 1.54) is 6.20 Å². The van der Waals surface area contributed by atoms with Gasteiger partial charge in [0.05, 0.1) is 25.9 Å². The lowest BCUT2D eigenvalue weighted by Gasteiger charge is -2.43. The van der Waals surface area contributed by atoms with Gasteiger partial charge in [-0.05, 0) is 30.7 Å². The van der Waals surface area contributed by atoms with Crippen molar-refractivity contribution in [3.63, 3.8) is 0 Å². The fourth-order valence-corrected chi connectivity index (χ4v) is 6.72. The summed E-state index contributed by atoms with van der Waals surface area (Å²) in [6.07, 6.45) is -3.64. The largest absolute Gasteiger partial charge is 0.484 e. The molecule has 0 bridgehead atoms. The van der Waals surface area contributed by atoms with Crippen LogP contribution in [0.15, 0.2) is 41.4 Å². The molecule has 1 amide bonds. The summed E-state index contributed by atoms with van der Waals surface area (Å²) >= 11 is 12.0. The number of carbonyl (C=O) groups excluding carboxylic acids is 1. The van der Waals surface area contributed by atoms with Crippen LogP contribution in [0.5, 0.6) is 5.75 Å². The topological polar surface area (TPSA) is 126 Å². The smallest absolute Gasteiger partial charge is 0.422 e. The van der Waals surface area contributed by atoms with E-state index in [0.717, 1.165) is 23.1 Å². The first-order chi connectivity index (χ1) is 17.2. The van der Waals surface area contributed by atoms with Gasteiger partial charge >= 0.3 is 12.1 Å². The number of aliphatic carboxylic acids is 1. The predicted molar refractivity (Wildman–Crippen MR) is 126 cm³/mol. The van der Waals surface area contributed by atoms with E-state index in [2.05, 4.69) is 15.0 Å². The van der Waals surface area contributed by atoms with E-state index in [1.807, 2.05) is 0 Å². The van der Waals surface area contributed by atoms with Crippen molar-refractivity contribution >= 4 is 44.9 Å². The maximum atomic E-state index is 13.6. The molecular weight excluding hydrogens is 562 g/mol. The highest BCUT2D eigenvalue weighted by molar-refractivity contribution is 7.92. The number of nitrogens with one attached hydrogen (secondary N) is 1. The number of pyridine rings is 1. The average Bonchev–Trinajstić information content (AvgIpc) is 3.24. The lowest BCUT2D eigenvalue weighted by molar-refractivity contribution is -0.153. The van der Waals surface area contributed by atoms with Crippen LogP contribution in [0.1, 0.15) is 12.1 Å². The number of alkyl halides is 3. The van der Waals surface area contributed by atoms with Gasteiger partial charge in [-0.1, -0.05) is 23.2 Å². The molecule has 3 heterocycles. The molecule has 2 aliphatic heterocycles. The van der Waals surface area contributed by atoms with E-state index in [9.17, 15) is 36.3 Å². The van der Waals surface area contributed by atoms with E-state index in [-0.39, 0.29) is 23.9 Å². The number of ether oxygens (including phenoxy) is 1. The number of hydrogen-bond donors (Lipinski definition) is 2. The molecule has 0 saturated carbocycles. The van der Waals surface area contributed by atoms with Crippen molar-refractivity contribution in [2.75, 3.05) is 26.2 Å². The van der Waals surface area contributed by atoms with Gasteiger partial charge in [0.25, 0.3) is 0 Å². The minimum atomic E-state index is -4.60. The van der Waals surface area contributed by atoms with Gasteiger partial charge < -0.3 is 20.1 Å². The summed E-state index contributed by atoms with van der Waals surface area (Å²) < 4.78 is 68.6. The number of carboxylic acid groups (broad SMARTS) is 1. The van der Waals surface area contributed by atoms with Crippen LogP contribution in [0.4, 0.5) is 13.2 Å². The number of aromatic nitrogens is 1. The van der Waals surface area contributed by atoms with Crippen molar-refractivity contribution < 1.29 is 41.0 Å². The number of likely N-dealkylation sites (tertiary alicyclic amines) is 1. The Morgan fingerprint density at radius 2 is 1.92 bits per heavy atom. The van der Waals surface area contributed by atoms with E-state index in [0.29, 0.717) is 10.7 Å². The SMILES string of the molecule is O=C(O)[C@@H]1C[C@@H](S(=O)(=O)c2ccc(OCC(F)(F)F)cc2Cl)CN1C(=O)C1(c2ccc(Cl)cn2)CNC1. The highest BCUT2D eigenvalue weighted by atomic mass is 35.5. The van der Waals surface area contributed by atoms with Crippen molar-refractivity contribution in [1.82, 2.24) is 15.2 Å². The van der Waals surface area contributed by atoms with Crippen molar-refractivity contribution in [2.45, 2.75) is 34.2 Å². The Morgan fingerprint density at radius 3 is 2.43 bits per heavy atom. The molecular formula is C22H20Cl2F3N3O6S. The number of rotatable bonds is 7. The Kier molecular flexibility index (Phi) is 7.36. The number of hydrogen-bond acceptors (Lipinski definition) is 7. The Labute approximate surface area is 219 Å². The van der Waals surface area contributed by atoms with Crippen LogP contribution >= 0.6 is 23.2 Å².